The fourth-order valence-corrected chi connectivity index (χ4v) is 6.30. The molecule has 1 aliphatic heterocycles. The minimum absolute atomic E-state index is 0.147. The van der Waals surface area contributed by atoms with Gasteiger partial charge in [0.15, 0.2) is 11.5 Å². The number of hydrogen-bond acceptors (Lipinski definition) is 5. The second kappa shape index (κ2) is 8.89. The van der Waals surface area contributed by atoms with Crippen LogP contribution in [0.15, 0.2) is 56.5 Å². The first-order valence-electron chi connectivity index (χ1n) is 10.4. The molecule has 2 aromatic carbocycles. The van der Waals surface area contributed by atoms with E-state index in [1.54, 1.807) is 12.1 Å². The third-order valence-corrected chi connectivity index (χ3v) is 7.92. The van der Waals surface area contributed by atoms with Crippen molar-refractivity contribution in [2.75, 3.05) is 7.11 Å². The van der Waals surface area contributed by atoms with E-state index in [4.69, 9.17) is 21.1 Å². The number of imide groups is 1. The van der Waals surface area contributed by atoms with Gasteiger partial charge in [0.25, 0.3) is 11.8 Å². The van der Waals surface area contributed by atoms with E-state index in [0.717, 1.165) is 25.9 Å². The minimum Gasteiger partial charge on any atom is -0.493 e. The summed E-state index contributed by atoms with van der Waals surface area (Å²) in [7, 11) is 1.52. The number of fused-ring (bicyclic) bond motifs is 5. The first kappa shape index (κ1) is 22.6. The third kappa shape index (κ3) is 4.02. The average molecular weight is 595 g/mol. The van der Waals surface area contributed by atoms with E-state index in [9.17, 15) is 9.59 Å². The van der Waals surface area contributed by atoms with Crippen molar-refractivity contribution in [1.29, 1.82) is 0 Å². The molecule has 1 heterocycles. The summed E-state index contributed by atoms with van der Waals surface area (Å²) in [6.45, 7) is 0.285. The van der Waals surface area contributed by atoms with Crippen LogP contribution in [0, 0.1) is 23.7 Å². The van der Waals surface area contributed by atoms with Crippen molar-refractivity contribution in [2.45, 2.75) is 13.0 Å². The van der Waals surface area contributed by atoms with Gasteiger partial charge in [0, 0.05) is 14.5 Å². The molecule has 3 aliphatic rings. The molecule has 170 valence electrons. The van der Waals surface area contributed by atoms with Crippen LogP contribution >= 0.6 is 43.5 Å². The summed E-state index contributed by atoms with van der Waals surface area (Å²) >= 11 is 13.4. The fourth-order valence-electron chi connectivity index (χ4n) is 4.87. The number of methoxy groups -OCH3 is 1. The lowest BCUT2D eigenvalue weighted by Crippen LogP contribution is -2.28. The van der Waals surface area contributed by atoms with Gasteiger partial charge >= 0.3 is 0 Å². The molecule has 2 bridgehead atoms. The topological polar surface area (TPSA) is 68.2 Å². The molecule has 0 N–H and O–H groups in total. The molecule has 9 heteroatoms. The number of halogens is 3. The monoisotopic (exact) mass is 592 g/mol. The number of nitrogens with zero attached hydrogens (tertiary/aromatic N) is 2. The van der Waals surface area contributed by atoms with Gasteiger partial charge in [0.1, 0.15) is 6.61 Å². The number of hydrogen-bond donors (Lipinski definition) is 0. The van der Waals surface area contributed by atoms with E-state index >= 15 is 0 Å². The first-order valence-corrected chi connectivity index (χ1v) is 12.4. The van der Waals surface area contributed by atoms with Crippen LogP contribution in [0.5, 0.6) is 11.5 Å². The zero-order valence-electron chi connectivity index (χ0n) is 17.5. The highest BCUT2D eigenvalue weighted by molar-refractivity contribution is 9.11. The minimum atomic E-state index is -0.281. The van der Waals surface area contributed by atoms with Crippen molar-refractivity contribution in [3.8, 4) is 11.5 Å². The van der Waals surface area contributed by atoms with Crippen molar-refractivity contribution in [1.82, 2.24) is 5.01 Å². The number of hydrazone groups is 1. The number of benzene rings is 2. The van der Waals surface area contributed by atoms with Gasteiger partial charge < -0.3 is 9.47 Å². The Morgan fingerprint density at radius 3 is 2.45 bits per heavy atom. The third-order valence-electron chi connectivity index (χ3n) is 6.41. The molecule has 0 radical (unpaired) electrons. The second-order valence-corrected chi connectivity index (χ2v) is 10.5. The molecule has 1 saturated carbocycles. The number of amides is 2. The Kier molecular flexibility index (Phi) is 6.09. The molecule has 2 aromatic rings. The molecule has 2 aliphatic carbocycles. The maximum atomic E-state index is 12.8. The number of carbonyl (C=O) groups excluding carboxylic acids is 2. The first-order chi connectivity index (χ1) is 15.9. The van der Waals surface area contributed by atoms with Crippen LogP contribution < -0.4 is 9.47 Å². The normalized spacial score (nSPS) is 25.4. The second-order valence-electron chi connectivity index (χ2n) is 8.29. The molecule has 1 saturated heterocycles. The van der Waals surface area contributed by atoms with Crippen LogP contribution in [0.3, 0.4) is 0 Å². The molecule has 5 rings (SSSR count). The molecule has 4 atom stereocenters. The van der Waals surface area contributed by atoms with Gasteiger partial charge in [0.05, 0.1) is 30.2 Å². The lowest BCUT2D eigenvalue weighted by molar-refractivity contribution is -0.140. The zero-order chi connectivity index (χ0) is 23.3. The van der Waals surface area contributed by atoms with Crippen LogP contribution in [-0.4, -0.2) is 30.1 Å². The maximum absolute atomic E-state index is 12.8. The van der Waals surface area contributed by atoms with Crippen molar-refractivity contribution in [3.05, 3.63) is 67.6 Å². The predicted molar refractivity (Wildman–Crippen MR) is 131 cm³/mol. The molecule has 6 nitrogen and oxygen atoms in total. The summed E-state index contributed by atoms with van der Waals surface area (Å²) in [6, 6.07) is 9.18. The number of ether oxygens (including phenoxy) is 2. The predicted octanol–water partition coefficient (Wildman–Crippen LogP) is 5.59. The molecule has 0 unspecified atom stereocenters. The molecule has 33 heavy (non-hydrogen) atoms. The maximum Gasteiger partial charge on any atom is 0.254 e. The summed E-state index contributed by atoms with van der Waals surface area (Å²) < 4.78 is 13.3. The zero-order valence-corrected chi connectivity index (χ0v) is 21.4. The molecule has 2 fully saturated rings. The van der Waals surface area contributed by atoms with Gasteiger partial charge in [-0.1, -0.05) is 61.7 Å². The summed E-state index contributed by atoms with van der Waals surface area (Å²) in [5.74, 6) is 0.106. The van der Waals surface area contributed by atoms with Gasteiger partial charge in [-0.15, -0.1) is 0 Å². The van der Waals surface area contributed by atoms with Crippen LogP contribution in [0.4, 0.5) is 0 Å². The summed E-state index contributed by atoms with van der Waals surface area (Å²) in [5.41, 5.74) is 1.54. The highest BCUT2D eigenvalue weighted by Gasteiger charge is 2.59. The van der Waals surface area contributed by atoms with Crippen molar-refractivity contribution < 1.29 is 19.1 Å². The number of allylic oxidation sites excluding steroid dienone is 2. The Morgan fingerprint density at radius 2 is 1.82 bits per heavy atom. The number of rotatable bonds is 6. The van der Waals surface area contributed by atoms with Gasteiger partial charge in [-0.3, -0.25) is 9.59 Å². The Morgan fingerprint density at radius 1 is 1.12 bits per heavy atom. The smallest absolute Gasteiger partial charge is 0.254 e. The van der Waals surface area contributed by atoms with Crippen molar-refractivity contribution in [2.24, 2.45) is 28.8 Å². The Labute approximate surface area is 212 Å². The van der Waals surface area contributed by atoms with Crippen LogP contribution in [0.25, 0.3) is 0 Å². The van der Waals surface area contributed by atoms with Gasteiger partial charge in [-0.25, -0.2) is 0 Å². The standard InChI is InChI=1S/C24H19Br2ClN2O4/c1-32-19-7-12(6-18(27)22(19)33-11-15-4-5-16(25)9-17(15)26)10-28-29-23(30)20-13-2-3-14(8-13)21(20)24(29)31/h2-7,9-10,13-14,20-21H,8,11H2,1H3/t13-,14-,20-,21+/m0/s1. The van der Waals surface area contributed by atoms with E-state index in [0.29, 0.717) is 22.1 Å². The van der Waals surface area contributed by atoms with E-state index < -0.39 is 0 Å². The van der Waals surface area contributed by atoms with Crippen LogP contribution in [0.2, 0.25) is 5.02 Å². The van der Waals surface area contributed by atoms with Gasteiger partial charge in [-0.05, 0) is 48.1 Å². The molecular weight excluding hydrogens is 576 g/mol. The highest BCUT2D eigenvalue weighted by atomic mass is 79.9. The van der Waals surface area contributed by atoms with Crippen LogP contribution in [-0.2, 0) is 16.2 Å². The van der Waals surface area contributed by atoms with E-state index in [-0.39, 0.29) is 42.1 Å². The Balaban J connectivity index is 1.33. The van der Waals surface area contributed by atoms with Crippen LogP contribution in [0.1, 0.15) is 17.5 Å². The SMILES string of the molecule is COc1cc(C=NN2C(=O)[C@@H]3[C@H](C2=O)[C@H]2C=C[C@H]3C2)cc(Cl)c1OCc1ccc(Br)cc1Br. The largest absolute Gasteiger partial charge is 0.493 e. The Bertz CT molecular complexity index is 1190. The summed E-state index contributed by atoms with van der Waals surface area (Å²) in [6.07, 6.45) is 6.45. The van der Waals surface area contributed by atoms with E-state index in [1.807, 2.05) is 18.2 Å². The molecular formula is C24H19Br2ClN2O4. The lowest BCUT2D eigenvalue weighted by atomic mass is 9.85. The number of carbonyl (C=O) groups is 2. The van der Waals surface area contributed by atoms with Gasteiger partial charge in [0.2, 0.25) is 0 Å². The molecule has 0 spiro atoms. The van der Waals surface area contributed by atoms with Crippen molar-refractivity contribution in [3.63, 3.8) is 0 Å². The van der Waals surface area contributed by atoms with Crippen molar-refractivity contribution >= 4 is 61.5 Å². The lowest BCUT2D eigenvalue weighted by Gasteiger charge is -2.14. The summed E-state index contributed by atoms with van der Waals surface area (Å²) in [4.78, 5) is 25.6. The molecule has 0 aromatic heterocycles. The Hall–Kier alpha value is -2.16. The molecule has 2 amide bonds. The highest BCUT2D eigenvalue weighted by Crippen LogP contribution is 2.52. The summed E-state index contributed by atoms with van der Waals surface area (Å²) in [5, 5.41) is 5.56. The van der Waals surface area contributed by atoms with E-state index in [1.165, 1.54) is 13.3 Å². The fraction of sp³-hybridized carbons (Fsp3) is 0.292. The average Bonchev–Trinajstić information content (AvgIpc) is 3.46. The quantitative estimate of drug-likeness (QED) is 0.248. The van der Waals surface area contributed by atoms with Gasteiger partial charge in [-0.2, -0.15) is 10.1 Å². The van der Waals surface area contributed by atoms with E-state index in [2.05, 4.69) is 49.1 Å².